The third kappa shape index (κ3) is 2.81. The van der Waals surface area contributed by atoms with Gasteiger partial charge in [-0.25, -0.2) is 4.79 Å². The molecule has 16 heavy (non-hydrogen) atoms. The van der Waals surface area contributed by atoms with Crippen molar-refractivity contribution >= 4 is 17.7 Å². The van der Waals surface area contributed by atoms with E-state index in [1.165, 1.54) is 31.4 Å². The predicted octanol–water partition coefficient (Wildman–Crippen LogP) is 1.70. The quantitative estimate of drug-likeness (QED) is 0.476. The van der Waals surface area contributed by atoms with Crippen LogP contribution in [0, 0.1) is 10.1 Å². The summed E-state index contributed by atoms with van der Waals surface area (Å²) in [6.07, 6.45) is 2.24. The Bertz CT molecular complexity index is 453. The molecule has 0 unspecified atom stereocenters. The van der Waals surface area contributed by atoms with Gasteiger partial charge in [0.2, 0.25) is 0 Å². The van der Waals surface area contributed by atoms with Crippen LogP contribution in [0.2, 0.25) is 0 Å². The molecule has 84 valence electrons. The Morgan fingerprint density at radius 3 is 2.75 bits per heavy atom. The number of aliphatic carboxylic acids is 1. The lowest BCUT2D eigenvalue weighted by Crippen LogP contribution is -1.92. The first-order chi connectivity index (χ1) is 7.54. The molecule has 1 rings (SSSR count). The molecule has 1 aromatic rings. The summed E-state index contributed by atoms with van der Waals surface area (Å²) >= 11 is 0. The van der Waals surface area contributed by atoms with Gasteiger partial charge in [0.05, 0.1) is 18.1 Å². The maximum Gasteiger partial charge on any atom is 0.328 e. The molecule has 0 radical (unpaired) electrons. The van der Waals surface area contributed by atoms with Gasteiger partial charge in [0, 0.05) is 17.7 Å². The predicted molar refractivity (Wildman–Crippen MR) is 56.3 cm³/mol. The average molecular weight is 223 g/mol. The first kappa shape index (κ1) is 11.7. The Balaban J connectivity index is 3.11. The van der Waals surface area contributed by atoms with Gasteiger partial charge in [0.25, 0.3) is 5.69 Å². The third-order valence-corrected chi connectivity index (χ3v) is 1.83. The molecule has 0 saturated carbocycles. The van der Waals surface area contributed by atoms with Gasteiger partial charge in [-0.05, 0) is 12.1 Å². The number of nitro groups is 1. The molecule has 1 N–H and O–H groups in total. The number of hydrogen-bond acceptors (Lipinski definition) is 4. The minimum atomic E-state index is -1.10. The Kier molecular flexibility index (Phi) is 3.60. The van der Waals surface area contributed by atoms with Crippen molar-refractivity contribution in [3.8, 4) is 5.75 Å². The van der Waals surface area contributed by atoms with E-state index in [1.807, 2.05) is 0 Å². The highest BCUT2D eigenvalue weighted by atomic mass is 16.6. The maximum absolute atomic E-state index is 10.5. The highest BCUT2D eigenvalue weighted by Crippen LogP contribution is 2.25. The van der Waals surface area contributed by atoms with E-state index in [0.29, 0.717) is 5.56 Å². The number of nitrogens with zero attached hydrogens (tertiary/aromatic N) is 1. The topological polar surface area (TPSA) is 89.7 Å². The highest BCUT2D eigenvalue weighted by molar-refractivity contribution is 5.86. The standard InChI is InChI=1S/C10H9NO5/c1-16-9-6-8(11(14)15)4-2-7(9)3-5-10(12)13/h2-6H,1H3,(H,12,13). The van der Waals surface area contributed by atoms with E-state index in [2.05, 4.69) is 0 Å². The fourth-order valence-corrected chi connectivity index (χ4v) is 1.11. The van der Waals surface area contributed by atoms with Crippen LogP contribution < -0.4 is 4.74 Å². The number of methoxy groups -OCH3 is 1. The first-order valence-corrected chi connectivity index (χ1v) is 4.28. The van der Waals surface area contributed by atoms with Crippen LogP contribution in [0.15, 0.2) is 24.3 Å². The van der Waals surface area contributed by atoms with Crippen molar-refractivity contribution in [2.75, 3.05) is 7.11 Å². The molecule has 0 atom stereocenters. The molecule has 0 heterocycles. The number of carbonyl (C=O) groups is 1. The highest BCUT2D eigenvalue weighted by Gasteiger charge is 2.09. The Morgan fingerprint density at radius 1 is 1.56 bits per heavy atom. The molecule has 6 nitrogen and oxygen atoms in total. The zero-order valence-corrected chi connectivity index (χ0v) is 8.41. The Labute approximate surface area is 90.9 Å². The average Bonchev–Trinajstić information content (AvgIpc) is 2.25. The number of ether oxygens (including phenoxy) is 1. The van der Waals surface area contributed by atoms with E-state index < -0.39 is 10.9 Å². The molecule has 6 heteroatoms. The normalized spacial score (nSPS) is 10.3. The second-order valence-electron chi connectivity index (χ2n) is 2.85. The molecular weight excluding hydrogens is 214 g/mol. The Hall–Kier alpha value is -2.37. The van der Waals surface area contributed by atoms with E-state index in [-0.39, 0.29) is 11.4 Å². The third-order valence-electron chi connectivity index (χ3n) is 1.83. The van der Waals surface area contributed by atoms with E-state index in [0.717, 1.165) is 6.08 Å². The summed E-state index contributed by atoms with van der Waals surface area (Å²) in [5, 5.41) is 18.9. The van der Waals surface area contributed by atoms with Gasteiger partial charge in [0.15, 0.2) is 0 Å². The van der Waals surface area contributed by atoms with Gasteiger partial charge in [-0.3, -0.25) is 10.1 Å². The summed E-state index contributed by atoms with van der Waals surface area (Å²) in [5.74, 6) is -0.841. The SMILES string of the molecule is COc1cc([N+](=O)[O-])ccc1C=CC(=O)O. The molecule has 0 amide bonds. The van der Waals surface area contributed by atoms with Crippen LogP contribution in [0.5, 0.6) is 5.75 Å². The summed E-state index contributed by atoms with van der Waals surface area (Å²) in [4.78, 5) is 20.2. The Morgan fingerprint density at radius 2 is 2.25 bits per heavy atom. The summed E-state index contributed by atoms with van der Waals surface area (Å²) in [5.41, 5.74) is 0.361. The van der Waals surface area contributed by atoms with Crippen molar-refractivity contribution in [1.29, 1.82) is 0 Å². The minimum absolute atomic E-state index is 0.107. The number of nitro benzene ring substituents is 1. The van der Waals surface area contributed by atoms with Crippen molar-refractivity contribution in [1.82, 2.24) is 0 Å². The van der Waals surface area contributed by atoms with E-state index in [9.17, 15) is 14.9 Å². The summed E-state index contributed by atoms with van der Waals surface area (Å²) in [6.45, 7) is 0. The van der Waals surface area contributed by atoms with Crippen LogP contribution in [0.3, 0.4) is 0 Å². The minimum Gasteiger partial charge on any atom is -0.496 e. The van der Waals surface area contributed by atoms with Gasteiger partial charge in [-0.1, -0.05) is 0 Å². The molecule has 0 aliphatic heterocycles. The summed E-state index contributed by atoms with van der Waals surface area (Å²) in [7, 11) is 1.36. The number of rotatable bonds is 4. The van der Waals surface area contributed by atoms with Crippen molar-refractivity contribution in [2.24, 2.45) is 0 Å². The molecule has 1 aromatic carbocycles. The van der Waals surface area contributed by atoms with Gasteiger partial charge in [-0.2, -0.15) is 0 Å². The summed E-state index contributed by atoms with van der Waals surface area (Å²) in [6, 6.07) is 3.95. The van der Waals surface area contributed by atoms with Crippen LogP contribution in [-0.2, 0) is 4.79 Å². The van der Waals surface area contributed by atoms with Crippen LogP contribution in [0.25, 0.3) is 6.08 Å². The van der Waals surface area contributed by atoms with Crippen LogP contribution >= 0.6 is 0 Å². The molecule has 0 aliphatic rings. The van der Waals surface area contributed by atoms with Crippen molar-refractivity contribution in [3.05, 3.63) is 40.0 Å². The molecule has 0 saturated heterocycles. The van der Waals surface area contributed by atoms with Gasteiger partial charge < -0.3 is 9.84 Å². The van der Waals surface area contributed by atoms with Gasteiger partial charge >= 0.3 is 5.97 Å². The number of non-ortho nitro benzene ring substituents is 1. The van der Waals surface area contributed by atoms with Crippen molar-refractivity contribution in [2.45, 2.75) is 0 Å². The molecular formula is C10H9NO5. The summed E-state index contributed by atoms with van der Waals surface area (Å²) < 4.78 is 4.92. The zero-order valence-electron chi connectivity index (χ0n) is 8.41. The van der Waals surface area contributed by atoms with E-state index >= 15 is 0 Å². The zero-order chi connectivity index (χ0) is 12.1. The van der Waals surface area contributed by atoms with E-state index in [4.69, 9.17) is 9.84 Å². The van der Waals surface area contributed by atoms with Crippen LogP contribution in [0.4, 0.5) is 5.69 Å². The fourth-order valence-electron chi connectivity index (χ4n) is 1.11. The second kappa shape index (κ2) is 4.92. The molecule has 0 aromatic heterocycles. The lowest BCUT2D eigenvalue weighted by atomic mass is 10.1. The van der Waals surface area contributed by atoms with Crippen molar-refractivity contribution < 1.29 is 19.6 Å². The van der Waals surface area contributed by atoms with Gasteiger partial charge in [-0.15, -0.1) is 0 Å². The van der Waals surface area contributed by atoms with Crippen LogP contribution in [0.1, 0.15) is 5.56 Å². The maximum atomic E-state index is 10.5. The number of carboxylic acids is 1. The van der Waals surface area contributed by atoms with Gasteiger partial charge in [0.1, 0.15) is 5.75 Å². The molecule has 0 aliphatic carbocycles. The number of benzene rings is 1. The molecule has 0 spiro atoms. The van der Waals surface area contributed by atoms with Crippen LogP contribution in [-0.4, -0.2) is 23.1 Å². The smallest absolute Gasteiger partial charge is 0.328 e. The lowest BCUT2D eigenvalue weighted by molar-refractivity contribution is -0.384. The second-order valence-corrected chi connectivity index (χ2v) is 2.85. The number of carboxylic acid groups (broad SMARTS) is 1. The van der Waals surface area contributed by atoms with E-state index in [1.54, 1.807) is 0 Å². The lowest BCUT2D eigenvalue weighted by Gasteiger charge is -2.03. The molecule has 0 fully saturated rings. The first-order valence-electron chi connectivity index (χ1n) is 4.28. The molecule has 0 bridgehead atoms. The monoisotopic (exact) mass is 223 g/mol. The van der Waals surface area contributed by atoms with Crippen molar-refractivity contribution in [3.63, 3.8) is 0 Å². The fraction of sp³-hybridized carbons (Fsp3) is 0.100. The largest absolute Gasteiger partial charge is 0.496 e. The number of hydrogen-bond donors (Lipinski definition) is 1.